The van der Waals surface area contributed by atoms with Crippen LogP contribution in [0.1, 0.15) is 75.5 Å². The van der Waals surface area contributed by atoms with Gasteiger partial charge in [0.1, 0.15) is 49.8 Å². The fraction of sp³-hybridized carbons (Fsp3) is 0.512. The van der Waals surface area contributed by atoms with E-state index in [4.69, 9.17) is 7.48 Å². The van der Waals surface area contributed by atoms with E-state index in [0.29, 0.717) is 65.3 Å². The maximum absolute atomic E-state index is 17.4. The van der Waals surface area contributed by atoms with E-state index in [-0.39, 0.29) is 46.9 Å². The van der Waals surface area contributed by atoms with Gasteiger partial charge in [0.2, 0.25) is 0 Å². The van der Waals surface area contributed by atoms with Crippen molar-refractivity contribution in [2.75, 3.05) is 31.1 Å². The Hall–Kier alpha value is -4.01. The Kier molecular flexibility index (Phi) is 8.89. The summed E-state index contributed by atoms with van der Waals surface area (Å²) in [6, 6.07) is 7.32. The molecule has 0 bridgehead atoms. The lowest BCUT2D eigenvalue weighted by Crippen LogP contribution is -2.43. The number of nitrogens with zero attached hydrogens (tertiary/aromatic N) is 5. The molecule has 1 saturated carbocycles. The Balaban J connectivity index is 1.31. The molecular formula is C43H49F4N5OSi. The molecule has 4 aromatic rings. The highest BCUT2D eigenvalue weighted by molar-refractivity contribution is 6.90. The molecule has 1 aliphatic carbocycles. The first kappa shape index (κ1) is 34.5. The summed E-state index contributed by atoms with van der Waals surface area (Å²) in [5.41, 5.74) is 3.52. The van der Waals surface area contributed by atoms with Crippen LogP contribution in [0.15, 0.2) is 48.7 Å². The molecule has 4 aliphatic rings. The van der Waals surface area contributed by atoms with Gasteiger partial charge in [-0.1, -0.05) is 83.9 Å². The van der Waals surface area contributed by atoms with Crippen molar-refractivity contribution in [3.63, 3.8) is 0 Å². The summed E-state index contributed by atoms with van der Waals surface area (Å²) < 4.78 is 87.8. The second-order valence-corrected chi connectivity index (χ2v) is 22.1. The number of rotatable bonds is 8. The first-order valence-electron chi connectivity index (χ1n) is 20.4. The first-order valence-corrected chi connectivity index (χ1v) is 21.6. The van der Waals surface area contributed by atoms with Crippen LogP contribution in [0.5, 0.6) is 6.01 Å². The van der Waals surface area contributed by atoms with Crippen LogP contribution in [0, 0.1) is 29.0 Å². The summed E-state index contributed by atoms with van der Waals surface area (Å²) in [5.74, 6) is 1.74. The number of benzene rings is 2. The molecule has 11 heteroatoms. The zero-order chi connectivity index (χ0) is 39.9. The lowest BCUT2D eigenvalue weighted by molar-refractivity contribution is 0.107. The average molecular weight is 758 g/mol. The second kappa shape index (κ2) is 13.9. The minimum absolute atomic E-state index is 0.0497. The molecule has 0 radical (unpaired) electrons. The van der Waals surface area contributed by atoms with Gasteiger partial charge in [0.25, 0.3) is 0 Å². The number of alkyl halides is 2. The largest absolute Gasteiger partial charge is 0.461 e. The molecule has 0 spiro atoms. The van der Waals surface area contributed by atoms with Gasteiger partial charge in [-0.05, 0) is 53.9 Å². The van der Waals surface area contributed by atoms with E-state index >= 15 is 13.2 Å². The molecule has 5 atom stereocenters. The molecular weight excluding hydrogens is 707 g/mol. The van der Waals surface area contributed by atoms with Crippen LogP contribution in [0.25, 0.3) is 32.9 Å². The smallest absolute Gasteiger partial charge is 0.319 e. The van der Waals surface area contributed by atoms with Gasteiger partial charge in [-0.25, -0.2) is 17.6 Å². The van der Waals surface area contributed by atoms with Gasteiger partial charge in [0, 0.05) is 42.6 Å². The van der Waals surface area contributed by atoms with E-state index in [9.17, 15) is 4.39 Å². The zero-order valence-electron chi connectivity index (χ0n) is 33.8. The quantitative estimate of drug-likeness (QED) is 0.0773. The van der Waals surface area contributed by atoms with E-state index in [1.165, 1.54) is 12.3 Å². The van der Waals surface area contributed by atoms with Crippen LogP contribution < -0.4 is 9.64 Å². The summed E-state index contributed by atoms with van der Waals surface area (Å²) in [6.07, 6.45) is 4.44. The normalized spacial score (nSPS) is 26.2. The van der Waals surface area contributed by atoms with Crippen LogP contribution in [-0.4, -0.2) is 78.0 Å². The Morgan fingerprint density at radius 1 is 1.04 bits per heavy atom. The number of anilines is 1. The second-order valence-electron chi connectivity index (χ2n) is 16.5. The van der Waals surface area contributed by atoms with E-state index in [0.717, 1.165) is 0 Å². The Labute approximate surface area is 319 Å². The monoisotopic (exact) mass is 757 g/mol. The molecule has 3 fully saturated rings. The van der Waals surface area contributed by atoms with Gasteiger partial charge >= 0.3 is 6.01 Å². The Morgan fingerprint density at radius 2 is 1.81 bits per heavy atom. The van der Waals surface area contributed by atoms with E-state index in [2.05, 4.69) is 68.0 Å². The predicted molar refractivity (Wildman–Crippen MR) is 210 cm³/mol. The van der Waals surface area contributed by atoms with E-state index in [1.807, 2.05) is 18.2 Å². The number of hydrogen-bond acceptors (Lipinski definition) is 6. The van der Waals surface area contributed by atoms with E-state index in [1.54, 1.807) is 28.0 Å². The SMILES string of the molecule is [2H]C([2H])(Oc1nc(N2CCC=C[C@H]3[C@H](F)[C@H]32)c2cnc(-c3cccc4ccc(F)c(C#C[Si](C(C)C)(C(C)C)C(C)C)c34)c(F)c2n1)[C@@]12CCCN1C[C@H](F)C2. The van der Waals surface area contributed by atoms with Gasteiger partial charge in [0.05, 0.1) is 25.3 Å². The fourth-order valence-corrected chi connectivity index (χ4v) is 15.1. The minimum Gasteiger partial charge on any atom is -0.461 e. The molecule has 0 N–H and O–H groups in total. The summed E-state index contributed by atoms with van der Waals surface area (Å²) in [6.45, 7) is 11.7. The number of hydrogen-bond donors (Lipinski definition) is 0. The highest BCUT2D eigenvalue weighted by atomic mass is 28.3. The Morgan fingerprint density at radius 3 is 2.57 bits per heavy atom. The molecule has 0 amide bonds. The third kappa shape index (κ3) is 5.99. The van der Waals surface area contributed by atoms with Gasteiger partial charge < -0.3 is 9.64 Å². The maximum Gasteiger partial charge on any atom is 0.319 e. The molecule has 6 nitrogen and oxygen atoms in total. The van der Waals surface area contributed by atoms with Gasteiger partial charge in [-0.3, -0.25) is 9.88 Å². The van der Waals surface area contributed by atoms with Crippen molar-refractivity contribution in [3.8, 4) is 28.7 Å². The summed E-state index contributed by atoms with van der Waals surface area (Å²) in [4.78, 5) is 17.3. The summed E-state index contributed by atoms with van der Waals surface area (Å²) in [5, 5.41) is 1.29. The van der Waals surface area contributed by atoms with Crippen molar-refractivity contribution >= 4 is 35.6 Å². The summed E-state index contributed by atoms with van der Waals surface area (Å²) in [7, 11) is -2.29. The van der Waals surface area contributed by atoms with Gasteiger partial charge in [0.15, 0.2) is 5.82 Å². The molecule has 2 aromatic carbocycles. The maximum atomic E-state index is 17.4. The van der Waals surface area contributed by atoms with Crippen LogP contribution in [0.4, 0.5) is 23.4 Å². The van der Waals surface area contributed by atoms with Crippen LogP contribution in [0.2, 0.25) is 16.6 Å². The minimum atomic E-state index is -2.44. The van der Waals surface area contributed by atoms with Gasteiger partial charge in [-0.15, -0.1) is 5.54 Å². The highest BCUT2D eigenvalue weighted by Gasteiger charge is 2.55. The number of aromatic nitrogens is 3. The number of ether oxygens (including phenoxy) is 1. The van der Waals surface area contributed by atoms with Crippen molar-refractivity contribution in [2.24, 2.45) is 5.92 Å². The topological polar surface area (TPSA) is 54.4 Å². The fourth-order valence-electron chi connectivity index (χ4n) is 9.89. The highest BCUT2D eigenvalue weighted by Crippen LogP contribution is 2.47. The number of fused-ring (bicyclic) bond motifs is 4. The van der Waals surface area contributed by atoms with E-state index < -0.39 is 56.2 Å². The summed E-state index contributed by atoms with van der Waals surface area (Å²) >= 11 is 0. The molecule has 3 aliphatic heterocycles. The van der Waals surface area contributed by atoms with Crippen molar-refractivity contribution in [1.29, 1.82) is 0 Å². The standard InChI is InChI=1S/C43H49F4N5OSi/c1-25(2)54(26(3)4,27(5)6)20-16-30-34(45)15-14-28-11-9-13-31(35(28)30)38-37(47)39-33(22-48-38)41(52-19-8-7-12-32-36(46)40(32)52)50-42(49-39)53-24-43-17-10-18-51(43)23-29(44)21-43/h7,9,11-15,22,25-27,29,32,36,40H,8,10,17-19,21,23-24H2,1-6H3/t29-,32+,36+,40+,43+/m1/s1/i24D2. The van der Waals surface area contributed by atoms with Crippen molar-refractivity contribution < 1.29 is 25.0 Å². The van der Waals surface area contributed by atoms with Crippen LogP contribution >= 0.6 is 0 Å². The average Bonchev–Trinajstić information content (AvgIpc) is 3.50. The molecule has 8 rings (SSSR count). The molecule has 54 heavy (non-hydrogen) atoms. The first-order chi connectivity index (χ1) is 26.6. The molecule has 5 heterocycles. The molecule has 284 valence electrons. The lowest BCUT2D eigenvalue weighted by atomic mass is 9.95. The van der Waals surface area contributed by atoms with Crippen molar-refractivity contribution in [3.05, 3.63) is 65.9 Å². The molecule has 2 saturated heterocycles. The zero-order valence-corrected chi connectivity index (χ0v) is 32.8. The van der Waals surface area contributed by atoms with Crippen molar-refractivity contribution in [2.45, 2.75) is 108 Å². The lowest BCUT2D eigenvalue weighted by Gasteiger charge is -2.38. The molecule has 0 unspecified atom stereocenters. The van der Waals surface area contributed by atoms with Crippen molar-refractivity contribution in [1.82, 2.24) is 19.9 Å². The molecule has 2 aromatic heterocycles. The number of halogens is 4. The Bertz CT molecular complexity index is 2270. The third-order valence-electron chi connectivity index (χ3n) is 12.6. The van der Waals surface area contributed by atoms with Crippen LogP contribution in [-0.2, 0) is 0 Å². The third-order valence-corrected chi connectivity index (χ3v) is 18.9. The van der Waals surface area contributed by atoms with Gasteiger partial charge in [-0.2, -0.15) is 9.97 Å². The number of pyridine rings is 1. The predicted octanol–water partition coefficient (Wildman–Crippen LogP) is 9.75. The van der Waals surface area contributed by atoms with Crippen LogP contribution in [0.3, 0.4) is 0 Å².